The summed E-state index contributed by atoms with van der Waals surface area (Å²) in [4.78, 5) is 0. The van der Waals surface area contributed by atoms with Gasteiger partial charge in [-0.2, -0.15) is 0 Å². The molecule has 1 aromatic carbocycles. The van der Waals surface area contributed by atoms with Crippen molar-refractivity contribution in [1.82, 2.24) is 0 Å². The molecule has 0 aliphatic rings. The first-order valence-electron chi connectivity index (χ1n) is 4.03. The zero-order valence-electron chi connectivity index (χ0n) is 7.41. The third kappa shape index (κ3) is 3.79. The highest BCUT2D eigenvalue weighted by Crippen LogP contribution is 2.08. The van der Waals surface area contributed by atoms with Crippen molar-refractivity contribution < 1.29 is 5.11 Å². The lowest BCUT2D eigenvalue weighted by atomic mass is 10.1. The maximum Gasteiger partial charge on any atom is 0.0761 e. The van der Waals surface area contributed by atoms with Crippen molar-refractivity contribution in [3.05, 3.63) is 35.9 Å². The Balaban J connectivity index is 0.000000461. The first-order chi connectivity index (χ1) is 5.30. The number of aliphatic hydroxyl groups excluding tert-OH is 1. The van der Waals surface area contributed by atoms with Gasteiger partial charge in [0.2, 0.25) is 0 Å². The van der Waals surface area contributed by atoms with Gasteiger partial charge in [0.15, 0.2) is 0 Å². The van der Waals surface area contributed by atoms with Crippen molar-refractivity contribution >= 4 is 0 Å². The molecule has 1 atom stereocenters. The van der Waals surface area contributed by atoms with Crippen LogP contribution in [-0.4, -0.2) is 5.11 Å². The van der Waals surface area contributed by atoms with Crippen LogP contribution in [0.5, 0.6) is 0 Å². The maximum atomic E-state index is 9.02. The fourth-order valence-corrected chi connectivity index (χ4v) is 0.732. The molecule has 1 heteroatoms. The highest BCUT2D eigenvalue weighted by molar-refractivity contribution is 5.16. The fraction of sp³-hybridized carbons (Fsp3) is 0.400. The van der Waals surface area contributed by atoms with E-state index in [4.69, 9.17) is 5.11 Å². The van der Waals surface area contributed by atoms with E-state index in [1.54, 1.807) is 6.92 Å². The molecule has 1 nitrogen and oxygen atoms in total. The van der Waals surface area contributed by atoms with Crippen LogP contribution >= 0.6 is 0 Å². The van der Waals surface area contributed by atoms with Crippen molar-refractivity contribution in [2.45, 2.75) is 26.9 Å². The summed E-state index contributed by atoms with van der Waals surface area (Å²) >= 11 is 0. The van der Waals surface area contributed by atoms with Crippen LogP contribution in [-0.2, 0) is 0 Å². The van der Waals surface area contributed by atoms with Gasteiger partial charge in [-0.3, -0.25) is 0 Å². The van der Waals surface area contributed by atoms with E-state index in [1.165, 1.54) is 0 Å². The monoisotopic (exact) mass is 152 g/mol. The Labute approximate surface area is 68.7 Å². The second kappa shape index (κ2) is 5.93. The van der Waals surface area contributed by atoms with Crippen LogP contribution in [0.15, 0.2) is 30.3 Å². The average Bonchev–Trinajstić information content (AvgIpc) is 2.10. The molecule has 0 amide bonds. The fourth-order valence-electron chi connectivity index (χ4n) is 0.732. The van der Waals surface area contributed by atoms with Crippen LogP contribution in [0.25, 0.3) is 0 Å². The molecule has 62 valence electrons. The van der Waals surface area contributed by atoms with Crippen LogP contribution in [0.4, 0.5) is 0 Å². The lowest BCUT2D eigenvalue weighted by molar-refractivity contribution is 0.199. The van der Waals surface area contributed by atoms with Gasteiger partial charge in [-0.25, -0.2) is 0 Å². The summed E-state index contributed by atoms with van der Waals surface area (Å²) in [5, 5.41) is 9.02. The van der Waals surface area contributed by atoms with Gasteiger partial charge >= 0.3 is 0 Å². The van der Waals surface area contributed by atoms with E-state index in [0.29, 0.717) is 0 Å². The Bertz CT molecular complexity index is 167. The van der Waals surface area contributed by atoms with Crippen LogP contribution in [0.1, 0.15) is 32.4 Å². The normalized spacial score (nSPS) is 11.3. The number of hydrogen-bond donors (Lipinski definition) is 1. The van der Waals surface area contributed by atoms with E-state index in [1.807, 2.05) is 44.2 Å². The number of hydrogen-bond acceptors (Lipinski definition) is 1. The molecule has 0 spiro atoms. The van der Waals surface area contributed by atoms with Crippen LogP contribution in [0.2, 0.25) is 0 Å². The molecule has 1 aromatic rings. The van der Waals surface area contributed by atoms with Gasteiger partial charge in [0, 0.05) is 0 Å². The predicted molar refractivity (Wildman–Crippen MR) is 48.4 cm³/mol. The second-order valence-electron chi connectivity index (χ2n) is 2.09. The van der Waals surface area contributed by atoms with Crippen molar-refractivity contribution in [3.63, 3.8) is 0 Å². The Morgan fingerprint density at radius 1 is 1.09 bits per heavy atom. The minimum Gasteiger partial charge on any atom is -0.389 e. The van der Waals surface area contributed by atoms with Gasteiger partial charge in [0.05, 0.1) is 6.10 Å². The molecule has 1 N–H and O–H groups in total. The summed E-state index contributed by atoms with van der Waals surface area (Å²) in [7, 11) is 0. The largest absolute Gasteiger partial charge is 0.389 e. The molecule has 0 fully saturated rings. The number of benzene rings is 1. The molecule has 0 aliphatic heterocycles. The molecular weight excluding hydrogens is 136 g/mol. The summed E-state index contributed by atoms with van der Waals surface area (Å²) in [6.45, 7) is 5.76. The zero-order valence-corrected chi connectivity index (χ0v) is 7.41. The summed E-state index contributed by atoms with van der Waals surface area (Å²) < 4.78 is 0. The molecule has 11 heavy (non-hydrogen) atoms. The highest BCUT2D eigenvalue weighted by Gasteiger charge is 1.95. The SMILES string of the molecule is CC.C[C@H](O)c1ccccc1. The van der Waals surface area contributed by atoms with Crippen LogP contribution in [0.3, 0.4) is 0 Å². The minimum atomic E-state index is -0.341. The molecule has 0 aromatic heterocycles. The first-order valence-corrected chi connectivity index (χ1v) is 4.03. The molecule has 0 bridgehead atoms. The van der Waals surface area contributed by atoms with E-state index in [2.05, 4.69) is 0 Å². The Morgan fingerprint density at radius 3 is 1.82 bits per heavy atom. The molecule has 1 rings (SSSR count). The summed E-state index contributed by atoms with van der Waals surface area (Å²) in [5.41, 5.74) is 0.970. The van der Waals surface area contributed by atoms with Crippen molar-refractivity contribution in [2.24, 2.45) is 0 Å². The third-order valence-electron chi connectivity index (χ3n) is 1.28. The number of aliphatic hydroxyl groups is 1. The van der Waals surface area contributed by atoms with Gasteiger partial charge in [-0.15, -0.1) is 0 Å². The third-order valence-corrected chi connectivity index (χ3v) is 1.28. The molecule has 0 saturated carbocycles. The van der Waals surface area contributed by atoms with Gasteiger partial charge < -0.3 is 5.11 Å². The zero-order chi connectivity index (χ0) is 8.69. The van der Waals surface area contributed by atoms with Gasteiger partial charge in [-0.05, 0) is 12.5 Å². The van der Waals surface area contributed by atoms with Crippen molar-refractivity contribution in [3.8, 4) is 0 Å². The molecule has 0 heterocycles. The minimum absolute atomic E-state index is 0.341. The predicted octanol–water partition coefficient (Wildman–Crippen LogP) is 2.77. The van der Waals surface area contributed by atoms with Crippen LogP contribution < -0.4 is 0 Å². The van der Waals surface area contributed by atoms with E-state index in [9.17, 15) is 0 Å². The second-order valence-corrected chi connectivity index (χ2v) is 2.09. The Hall–Kier alpha value is -0.820. The molecule has 0 aliphatic carbocycles. The van der Waals surface area contributed by atoms with Gasteiger partial charge in [0.1, 0.15) is 0 Å². The van der Waals surface area contributed by atoms with E-state index >= 15 is 0 Å². The Morgan fingerprint density at radius 2 is 1.55 bits per heavy atom. The molecule has 0 saturated heterocycles. The Kier molecular flexibility index (Phi) is 5.49. The average molecular weight is 152 g/mol. The van der Waals surface area contributed by atoms with Crippen LogP contribution in [0, 0.1) is 0 Å². The first kappa shape index (κ1) is 10.2. The molecule has 0 unspecified atom stereocenters. The number of rotatable bonds is 1. The standard InChI is InChI=1S/C8H10O.C2H6/c1-7(9)8-5-3-2-4-6-8;1-2/h2-7,9H,1H3;1-2H3/t7-;/m0./s1. The summed E-state index contributed by atoms with van der Waals surface area (Å²) in [6, 6.07) is 9.59. The highest BCUT2D eigenvalue weighted by atomic mass is 16.3. The summed E-state index contributed by atoms with van der Waals surface area (Å²) in [6.07, 6.45) is -0.341. The summed E-state index contributed by atoms with van der Waals surface area (Å²) in [5.74, 6) is 0. The van der Waals surface area contributed by atoms with Crippen molar-refractivity contribution in [1.29, 1.82) is 0 Å². The topological polar surface area (TPSA) is 20.2 Å². The van der Waals surface area contributed by atoms with Crippen molar-refractivity contribution in [2.75, 3.05) is 0 Å². The quantitative estimate of drug-likeness (QED) is 0.656. The van der Waals surface area contributed by atoms with E-state index in [-0.39, 0.29) is 6.10 Å². The lowest BCUT2D eigenvalue weighted by Gasteiger charge is -2.00. The molecule has 0 radical (unpaired) electrons. The lowest BCUT2D eigenvalue weighted by Crippen LogP contribution is -1.87. The van der Waals surface area contributed by atoms with Gasteiger partial charge in [-0.1, -0.05) is 44.2 Å². The molecular formula is C10H16O. The van der Waals surface area contributed by atoms with E-state index < -0.39 is 0 Å². The maximum absolute atomic E-state index is 9.02. The smallest absolute Gasteiger partial charge is 0.0761 e. The van der Waals surface area contributed by atoms with E-state index in [0.717, 1.165) is 5.56 Å². The van der Waals surface area contributed by atoms with Gasteiger partial charge in [0.25, 0.3) is 0 Å².